The quantitative estimate of drug-likeness (QED) is 0.437. The SMILES string of the molecule is Cc1ccc2nc(-c3ccccc3F)c(NC(=O)c3cccc(C(F)(F)F)c3)n2c1. The van der Waals surface area contributed by atoms with Gasteiger partial charge in [-0.25, -0.2) is 9.37 Å². The van der Waals surface area contributed by atoms with Crippen molar-refractivity contribution in [3.63, 3.8) is 0 Å². The molecule has 0 unspecified atom stereocenters. The zero-order chi connectivity index (χ0) is 21.5. The minimum Gasteiger partial charge on any atom is -0.306 e. The van der Waals surface area contributed by atoms with Crippen LogP contribution < -0.4 is 5.32 Å². The summed E-state index contributed by atoms with van der Waals surface area (Å²) in [6.07, 6.45) is -2.87. The fraction of sp³-hybridized carbons (Fsp3) is 0.0909. The van der Waals surface area contributed by atoms with E-state index in [1.165, 1.54) is 24.3 Å². The maximum absolute atomic E-state index is 14.4. The molecular weight excluding hydrogens is 398 g/mol. The van der Waals surface area contributed by atoms with Crippen molar-refractivity contribution in [1.29, 1.82) is 0 Å². The van der Waals surface area contributed by atoms with E-state index in [0.717, 1.165) is 23.8 Å². The highest BCUT2D eigenvalue weighted by molar-refractivity contribution is 6.06. The lowest BCUT2D eigenvalue weighted by molar-refractivity contribution is -0.137. The molecule has 0 bridgehead atoms. The summed E-state index contributed by atoms with van der Waals surface area (Å²) in [6.45, 7) is 1.83. The largest absolute Gasteiger partial charge is 0.416 e. The summed E-state index contributed by atoms with van der Waals surface area (Å²) in [5.41, 5.74) is 0.551. The van der Waals surface area contributed by atoms with Gasteiger partial charge in [0.2, 0.25) is 0 Å². The van der Waals surface area contributed by atoms with Gasteiger partial charge in [-0.3, -0.25) is 9.20 Å². The van der Waals surface area contributed by atoms with Crippen LogP contribution in [-0.4, -0.2) is 15.3 Å². The van der Waals surface area contributed by atoms with Crippen molar-refractivity contribution >= 4 is 17.4 Å². The van der Waals surface area contributed by atoms with E-state index in [1.807, 2.05) is 13.0 Å². The number of amides is 1. The fourth-order valence-electron chi connectivity index (χ4n) is 3.13. The molecule has 2 aromatic heterocycles. The van der Waals surface area contributed by atoms with Crippen molar-refractivity contribution < 1.29 is 22.4 Å². The highest BCUT2D eigenvalue weighted by Crippen LogP contribution is 2.32. The lowest BCUT2D eigenvalue weighted by Gasteiger charge is -2.11. The minimum atomic E-state index is -4.57. The van der Waals surface area contributed by atoms with Gasteiger partial charge in [0, 0.05) is 17.3 Å². The first-order valence-electron chi connectivity index (χ1n) is 8.96. The maximum Gasteiger partial charge on any atom is 0.416 e. The summed E-state index contributed by atoms with van der Waals surface area (Å²) < 4.78 is 55.0. The topological polar surface area (TPSA) is 46.4 Å². The fourth-order valence-corrected chi connectivity index (χ4v) is 3.13. The number of hydrogen-bond donors (Lipinski definition) is 1. The monoisotopic (exact) mass is 413 g/mol. The molecule has 4 aromatic rings. The molecule has 0 saturated carbocycles. The number of rotatable bonds is 3. The minimum absolute atomic E-state index is 0.165. The Kier molecular flexibility index (Phi) is 4.77. The Morgan fingerprint density at radius 3 is 2.53 bits per heavy atom. The predicted octanol–water partition coefficient (Wildman–Crippen LogP) is 5.72. The van der Waals surface area contributed by atoms with Crippen LogP contribution in [0, 0.1) is 12.7 Å². The average Bonchev–Trinajstić information content (AvgIpc) is 3.05. The molecule has 0 saturated heterocycles. The van der Waals surface area contributed by atoms with Crippen molar-refractivity contribution in [3.05, 3.63) is 89.4 Å². The second-order valence-corrected chi connectivity index (χ2v) is 6.76. The highest BCUT2D eigenvalue weighted by Gasteiger charge is 2.31. The average molecular weight is 413 g/mol. The van der Waals surface area contributed by atoms with Gasteiger partial charge in [-0.1, -0.05) is 24.3 Å². The van der Waals surface area contributed by atoms with Crippen LogP contribution in [0.15, 0.2) is 66.9 Å². The summed E-state index contributed by atoms with van der Waals surface area (Å²) in [6, 6.07) is 13.6. The molecule has 1 amide bonds. The molecule has 8 heteroatoms. The van der Waals surface area contributed by atoms with Crippen LogP contribution in [0.2, 0.25) is 0 Å². The van der Waals surface area contributed by atoms with E-state index < -0.39 is 23.5 Å². The standard InChI is InChI=1S/C22H15F4N3O/c1-13-9-10-18-27-19(16-7-2-3-8-17(16)23)20(29(18)12-13)28-21(30)14-5-4-6-15(11-14)22(24,25)26/h2-12H,1H3,(H,28,30). The molecule has 1 N–H and O–H groups in total. The molecule has 0 spiro atoms. The first kappa shape index (κ1) is 19.6. The Labute approximate surface area is 168 Å². The molecule has 30 heavy (non-hydrogen) atoms. The van der Waals surface area contributed by atoms with E-state index in [2.05, 4.69) is 10.3 Å². The van der Waals surface area contributed by atoms with E-state index in [1.54, 1.807) is 22.7 Å². The number of nitrogens with one attached hydrogen (secondary N) is 1. The van der Waals surface area contributed by atoms with Crippen molar-refractivity contribution in [3.8, 4) is 11.3 Å². The molecule has 2 aromatic carbocycles. The Bertz CT molecular complexity index is 1260. The molecule has 2 heterocycles. The summed E-state index contributed by atoms with van der Waals surface area (Å²) >= 11 is 0. The van der Waals surface area contributed by atoms with Gasteiger partial charge in [-0.15, -0.1) is 0 Å². The van der Waals surface area contributed by atoms with E-state index >= 15 is 0 Å². The van der Waals surface area contributed by atoms with Gasteiger partial charge < -0.3 is 5.32 Å². The number of carbonyl (C=O) groups excluding carboxylic acids is 1. The van der Waals surface area contributed by atoms with Crippen molar-refractivity contribution in [2.75, 3.05) is 5.32 Å². The van der Waals surface area contributed by atoms with Crippen molar-refractivity contribution in [2.45, 2.75) is 13.1 Å². The lowest BCUT2D eigenvalue weighted by atomic mass is 10.1. The number of pyridine rings is 1. The molecule has 4 nitrogen and oxygen atoms in total. The van der Waals surface area contributed by atoms with Gasteiger partial charge >= 0.3 is 6.18 Å². The summed E-state index contributed by atoms with van der Waals surface area (Å²) in [5.74, 6) is -1.13. The van der Waals surface area contributed by atoms with Gasteiger partial charge in [0.15, 0.2) is 0 Å². The number of benzene rings is 2. The Morgan fingerprint density at radius 1 is 1.03 bits per heavy atom. The van der Waals surface area contributed by atoms with E-state index in [-0.39, 0.29) is 22.6 Å². The Morgan fingerprint density at radius 2 is 1.80 bits per heavy atom. The van der Waals surface area contributed by atoms with Crippen LogP contribution in [0.5, 0.6) is 0 Å². The molecular formula is C22H15F4N3O. The van der Waals surface area contributed by atoms with Gasteiger partial charge in [-0.05, 0) is 48.9 Å². The van der Waals surface area contributed by atoms with Crippen LogP contribution in [0.3, 0.4) is 0 Å². The van der Waals surface area contributed by atoms with Gasteiger partial charge in [0.1, 0.15) is 23.0 Å². The third-order valence-electron chi connectivity index (χ3n) is 4.58. The maximum atomic E-state index is 14.4. The molecule has 152 valence electrons. The number of aryl methyl sites for hydroxylation is 1. The van der Waals surface area contributed by atoms with E-state index in [9.17, 15) is 22.4 Å². The third-order valence-corrected chi connectivity index (χ3v) is 4.58. The molecule has 0 fully saturated rings. The zero-order valence-corrected chi connectivity index (χ0v) is 15.7. The molecule has 0 aliphatic carbocycles. The normalized spacial score (nSPS) is 11.6. The van der Waals surface area contributed by atoms with Gasteiger partial charge in [0.25, 0.3) is 5.91 Å². The lowest BCUT2D eigenvalue weighted by Crippen LogP contribution is -2.15. The number of aromatic nitrogens is 2. The van der Waals surface area contributed by atoms with Gasteiger partial charge in [-0.2, -0.15) is 13.2 Å². The number of fused-ring (bicyclic) bond motifs is 1. The molecule has 0 radical (unpaired) electrons. The number of hydrogen-bond acceptors (Lipinski definition) is 2. The summed E-state index contributed by atoms with van der Waals surface area (Å²) in [5, 5.41) is 2.61. The van der Waals surface area contributed by atoms with Crippen LogP contribution in [0.4, 0.5) is 23.4 Å². The molecule has 0 aliphatic heterocycles. The number of anilines is 1. The Hall–Kier alpha value is -3.68. The molecule has 4 rings (SSSR count). The number of imidazole rings is 1. The van der Waals surface area contributed by atoms with E-state index in [4.69, 9.17) is 0 Å². The second-order valence-electron chi connectivity index (χ2n) is 6.76. The number of alkyl halides is 3. The number of nitrogens with zero attached hydrogens (tertiary/aromatic N) is 2. The van der Waals surface area contributed by atoms with Crippen molar-refractivity contribution in [2.24, 2.45) is 0 Å². The molecule has 0 atom stereocenters. The summed E-state index contributed by atoms with van der Waals surface area (Å²) in [4.78, 5) is 17.2. The van der Waals surface area contributed by atoms with Crippen LogP contribution in [0.1, 0.15) is 21.5 Å². The van der Waals surface area contributed by atoms with E-state index in [0.29, 0.717) is 5.65 Å². The van der Waals surface area contributed by atoms with Crippen LogP contribution in [-0.2, 0) is 6.18 Å². The van der Waals surface area contributed by atoms with Gasteiger partial charge in [0.05, 0.1) is 5.56 Å². The first-order chi connectivity index (χ1) is 14.2. The Balaban J connectivity index is 1.82. The highest BCUT2D eigenvalue weighted by atomic mass is 19.4. The van der Waals surface area contributed by atoms with Crippen molar-refractivity contribution in [1.82, 2.24) is 9.38 Å². The smallest absolute Gasteiger partial charge is 0.306 e. The summed E-state index contributed by atoms with van der Waals surface area (Å²) in [7, 11) is 0. The second kappa shape index (κ2) is 7.29. The van der Waals surface area contributed by atoms with Crippen LogP contribution in [0.25, 0.3) is 16.9 Å². The predicted molar refractivity (Wildman–Crippen MR) is 105 cm³/mol. The third kappa shape index (κ3) is 3.63. The number of halogens is 4. The first-order valence-corrected chi connectivity index (χ1v) is 8.96. The zero-order valence-electron chi connectivity index (χ0n) is 15.7. The molecule has 0 aliphatic rings. The number of carbonyl (C=O) groups is 1. The van der Waals surface area contributed by atoms with Crippen LogP contribution >= 0.6 is 0 Å².